The minimum atomic E-state index is -0.482. The van der Waals surface area contributed by atoms with Gasteiger partial charge in [0.05, 0.1) is 17.8 Å². The molecule has 0 saturated carbocycles. The van der Waals surface area contributed by atoms with Gasteiger partial charge in [0, 0.05) is 11.8 Å². The summed E-state index contributed by atoms with van der Waals surface area (Å²) in [6, 6.07) is 4.50. The van der Waals surface area contributed by atoms with Gasteiger partial charge in [0.1, 0.15) is 11.3 Å². The zero-order valence-corrected chi connectivity index (χ0v) is 15.2. The molecule has 2 aromatic heterocycles. The molecule has 0 aliphatic rings. The second-order valence-electron chi connectivity index (χ2n) is 5.53. The van der Waals surface area contributed by atoms with E-state index in [4.69, 9.17) is 11.6 Å². The molecular formula is C16H15ClFN5O2S. The third-order valence-electron chi connectivity index (χ3n) is 3.46. The second-order valence-corrected chi connectivity index (χ2v) is 6.88. The molecule has 2 heterocycles. The Balaban J connectivity index is 1.94. The highest BCUT2D eigenvalue weighted by Crippen LogP contribution is 2.27. The van der Waals surface area contributed by atoms with E-state index in [-0.39, 0.29) is 29.1 Å². The number of halogens is 2. The highest BCUT2D eigenvalue weighted by Gasteiger charge is 2.14. The van der Waals surface area contributed by atoms with Crippen molar-refractivity contribution < 1.29 is 9.50 Å². The Bertz CT molecular complexity index is 1000. The lowest BCUT2D eigenvalue weighted by atomic mass is 10.2. The van der Waals surface area contributed by atoms with E-state index in [9.17, 15) is 14.3 Å². The van der Waals surface area contributed by atoms with Crippen LogP contribution in [0.15, 0.2) is 34.3 Å². The Morgan fingerprint density at radius 3 is 3.00 bits per heavy atom. The van der Waals surface area contributed by atoms with Crippen LogP contribution < -0.4 is 10.9 Å². The van der Waals surface area contributed by atoms with Crippen molar-refractivity contribution in [3.8, 4) is 0 Å². The molecule has 136 valence electrons. The first-order valence-corrected chi connectivity index (χ1v) is 9.04. The van der Waals surface area contributed by atoms with Crippen LogP contribution in [0.5, 0.6) is 0 Å². The molecule has 10 heteroatoms. The minimum absolute atomic E-state index is 0.0511. The van der Waals surface area contributed by atoms with Gasteiger partial charge in [0.15, 0.2) is 16.6 Å². The quantitative estimate of drug-likeness (QED) is 0.435. The Morgan fingerprint density at radius 2 is 2.23 bits per heavy atom. The van der Waals surface area contributed by atoms with Crippen molar-refractivity contribution in [3.05, 3.63) is 51.2 Å². The van der Waals surface area contributed by atoms with Crippen molar-refractivity contribution in [2.45, 2.75) is 23.9 Å². The number of nitrogens with zero attached hydrogens (tertiary/aromatic N) is 3. The molecule has 1 atom stereocenters. The largest absolute Gasteiger partial charge is 0.394 e. The number of rotatable bonds is 6. The lowest BCUT2D eigenvalue weighted by Crippen LogP contribution is -2.21. The molecule has 0 saturated heterocycles. The van der Waals surface area contributed by atoms with Crippen molar-refractivity contribution in [1.29, 1.82) is 0 Å². The molecule has 7 nitrogen and oxygen atoms in total. The first-order valence-electron chi connectivity index (χ1n) is 7.68. The molecule has 0 aliphatic heterocycles. The molecule has 1 aromatic carbocycles. The van der Waals surface area contributed by atoms with Gasteiger partial charge in [0.25, 0.3) is 5.56 Å². The van der Waals surface area contributed by atoms with Gasteiger partial charge in [-0.05, 0) is 18.6 Å². The van der Waals surface area contributed by atoms with Gasteiger partial charge < -0.3 is 15.4 Å². The summed E-state index contributed by atoms with van der Waals surface area (Å²) in [7, 11) is 0. The molecule has 26 heavy (non-hydrogen) atoms. The molecule has 0 radical (unpaired) electrons. The van der Waals surface area contributed by atoms with Crippen molar-refractivity contribution in [1.82, 2.24) is 19.9 Å². The van der Waals surface area contributed by atoms with Crippen LogP contribution in [0.4, 0.5) is 10.2 Å². The summed E-state index contributed by atoms with van der Waals surface area (Å²) in [6.07, 6.45) is 1.13. The summed E-state index contributed by atoms with van der Waals surface area (Å²) in [5.74, 6) is 0.156. The van der Waals surface area contributed by atoms with E-state index < -0.39 is 11.4 Å². The molecule has 0 bridgehead atoms. The third kappa shape index (κ3) is 4.12. The Labute approximate surface area is 157 Å². The lowest BCUT2D eigenvalue weighted by Gasteiger charge is -2.13. The van der Waals surface area contributed by atoms with E-state index in [2.05, 4.69) is 25.3 Å². The predicted octanol–water partition coefficient (Wildman–Crippen LogP) is 2.59. The standard InChI is InChI=1S/C16H15ClFN5O2S/c1-8(6-24)20-14-13-15(21-11(25)5-19-13)23-16(22-14)26-7-9-3-2-4-10(17)12(9)18/h2-5,8,24H,6-7H2,1H3,(H2,20,21,22,23,25)/t8-/m1/s1. The van der Waals surface area contributed by atoms with E-state index in [0.717, 1.165) is 6.20 Å². The smallest absolute Gasteiger partial charge is 0.268 e. The molecule has 3 rings (SSSR count). The lowest BCUT2D eigenvalue weighted by molar-refractivity contribution is 0.281. The van der Waals surface area contributed by atoms with Gasteiger partial charge in [-0.2, -0.15) is 0 Å². The summed E-state index contributed by atoms with van der Waals surface area (Å²) in [5, 5.41) is 12.6. The zero-order chi connectivity index (χ0) is 18.7. The van der Waals surface area contributed by atoms with E-state index >= 15 is 0 Å². The maximum absolute atomic E-state index is 14.0. The van der Waals surface area contributed by atoms with Crippen LogP contribution in [0.3, 0.4) is 0 Å². The summed E-state index contributed by atoms with van der Waals surface area (Å²) in [6.45, 7) is 1.67. The molecule has 0 spiro atoms. The number of aromatic nitrogens is 4. The summed E-state index contributed by atoms with van der Waals surface area (Å²) in [5.41, 5.74) is 0.663. The van der Waals surface area contributed by atoms with Crippen LogP contribution in [-0.4, -0.2) is 37.7 Å². The SMILES string of the molecule is C[C@H](CO)Nc1nc(SCc2cccc(Cl)c2F)nc2[nH]c(=O)cnc12. The van der Waals surface area contributed by atoms with Gasteiger partial charge in [-0.3, -0.25) is 4.79 Å². The minimum Gasteiger partial charge on any atom is -0.394 e. The van der Waals surface area contributed by atoms with Gasteiger partial charge in [0.2, 0.25) is 0 Å². The van der Waals surface area contributed by atoms with Crippen molar-refractivity contribution >= 4 is 40.3 Å². The first kappa shape index (κ1) is 18.6. The first-order chi connectivity index (χ1) is 12.5. The summed E-state index contributed by atoms with van der Waals surface area (Å²) < 4.78 is 14.0. The molecule has 0 aliphatic carbocycles. The molecule has 0 unspecified atom stereocenters. The van der Waals surface area contributed by atoms with Gasteiger partial charge >= 0.3 is 0 Å². The fourth-order valence-electron chi connectivity index (χ4n) is 2.16. The monoisotopic (exact) mass is 395 g/mol. The number of hydrogen-bond donors (Lipinski definition) is 3. The zero-order valence-electron chi connectivity index (χ0n) is 13.7. The number of anilines is 1. The average molecular weight is 396 g/mol. The van der Waals surface area contributed by atoms with Gasteiger partial charge in [-0.15, -0.1) is 0 Å². The average Bonchev–Trinajstić information content (AvgIpc) is 2.62. The number of nitrogens with one attached hydrogen (secondary N) is 2. The number of thioether (sulfide) groups is 1. The van der Waals surface area contributed by atoms with Crippen LogP contribution in [0.2, 0.25) is 5.02 Å². The Hall–Kier alpha value is -2.23. The Morgan fingerprint density at radius 1 is 1.42 bits per heavy atom. The fraction of sp³-hybridized carbons (Fsp3) is 0.250. The normalized spacial score (nSPS) is 12.3. The maximum atomic E-state index is 14.0. The van der Waals surface area contributed by atoms with Crippen molar-refractivity contribution in [3.63, 3.8) is 0 Å². The number of hydrogen-bond acceptors (Lipinski definition) is 7. The maximum Gasteiger partial charge on any atom is 0.268 e. The van der Waals surface area contributed by atoms with Crippen LogP contribution in [0.1, 0.15) is 12.5 Å². The number of aliphatic hydroxyl groups is 1. The molecular weight excluding hydrogens is 381 g/mol. The predicted molar refractivity (Wildman–Crippen MR) is 99.1 cm³/mol. The third-order valence-corrected chi connectivity index (χ3v) is 4.65. The number of fused-ring (bicyclic) bond motifs is 1. The summed E-state index contributed by atoms with van der Waals surface area (Å²) >= 11 is 6.99. The summed E-state index contributed by atoms with van der Waals surface area (Å²) in [4.78, 5) is 26.8. The van der Waals surface area contributed by atoms with E-state index in [1.54, 1.807) is 19.1 Å². The van der Waals surface area contributed by atoms with E-state index in [1.165, 1.54) is 17.8 Å². The highest BCUT2D eigenvalue weighted by molar-refractivity contribution is 7.98. The van der Waals surface area contributed by atoms with Crippen LogP contribution in [0, 0.1) is 5.82 Å². The van der Waals surface area contributed by atoms with E-state index in [1.807, 2.05) is 0 Å². The van der Waals surface area contributed by atoms with Gasteiger partial charge in [-0.25, -0.2) is 19.3 Å². The van der Waals surface area contributed by atoms with E-state index in [0.29, 0.717) is 22.1 Å². The molecule has 3 aromatic rings. The van der Waals surface area contributed by atoms with Crippen molar-refractivity contribution in [2.75, 3.05) is 11.9 Å². The Kier molecular flexibility index (Phi) is 5.70. The van der Waals surface area contributed by atoms with Crippen molar-refractivity contribution in [2.24, 2.45) is 0 Å². The highest BCUT2D eigenvalue weighted by atomic mass is 35.5. The number of benzene rings is 1. The van der Waals surface area contributed by atoms with Crippen LogP contribution in [0.25, 0.3) is 11.2 Å². The number of H-pyrrole nitrogens is 1. The fourth-order valence-corrected chi connectivity index (χ4v) is 3.18. The molecule has 0 amide bonds. The number of aromatic amines is 1. The number of aliphatic hydroxyl groups excluding tert-OH is 1. The molecule has 0 fully saturated rings. The topological polar surface area (TPSA) is 104 Å². The van der Waals surface area contributed by atoms with Crippen LogP contribution >= 0.6 is 23.4 Å². The molecule has 3 N–H and O–H groups in total. The second kappa shape index (κ2) is 7.98. The van der Waals surface area contributed by atoms with Crippen LogP contribution in [-0.2, 0) is 5.75 Å². The van der Waals surface area contributed by atoms with Gasteiger partial charge in [-0.1, -0.05) is 35.5 Å².